The predicted octanol–water partition coefficient (Wildman–Crippen LogP) is 5.62. The van der Waals surface area contributed by atoms with Crippen LogP contribution in [-0.2, 0) is 0 Å². The standard InChI is InChI=1S/C25H20N4O3/c1-14-11-19(15(2)29-21-6-4-3-5-18(21)25(30)31)23-20(12-14)22-24(32-23)17(8-9-26-22)16-7-10-27-28-13-16/h3-13,15,29H,1-2H3,(H,30,31)/t15-/m1/s1. The molecule has 32 heavy (non-hydrogen) atoms. The van der Waals surface area contributed by atoms with Gasteiger partial charge in [-0.15, -0.1) is 0 Å². The molecular weight excluding hydrogens is 404 g/mol. The molecule has 0 amide bonds. The minimum absolute atomic E-state index is 0.204. The van der Waals surface area contributed by atoms with Crippen molar-refractivity contribution >= 4 is 33.7 Å². The van der Waals surface area contributed by atoms with Gasteiger partial charge in [0.15, 0.2) is 5.58 Å². The summed E-state index contributed by atoms with van der Waals surface area (Å²) in [5.41, 5.74) is 6.73. The second kappa shape index (κ2) is 7.77. The van der Waals surface area contributed by atoms with Gasteiger partial charge >= 0.3 is 5.97 Å². The van der Waals surface area contributed by atoms with Crippen molar-refractivity contribution in [2.75, 3.05) is 5.32 Å². The molecule has 158 valence electrons. The second-order valence-electron chi connectivity index (χ2n) is 7.72. The van der Waals surface area contributed by atoms with Gasteiger partial charge in [0.25, 0.3) is 0 Å². The molecule has 0 aliphatic rings. The van der Waals surface area contributed by atoms with Crippen LogP contribution in [0.2, 0.25) is 0 Å². The molecule has 0 spiro atoms. The largest absolute Gasteiger partial charge is 0.478 e. The van der Waals surface area contributed by atoms with Crippen molar-refractivity contribution in [3.63, 3.8) is 0 Å². The molecule has 2 N–H and O–H groups in total. The van der Waals surface area contributed by atoms with Gasteiger partial charge in [-0.2, -0.15) is 10.2 Å². The van der Waals surface area contributed by atoms with E-state index in [1.54, 1.807) is 36.8 Å². The number of benzene rings is 2. The van der Waals surface area contributed by atoms with E-state index in [1.807, 2.05) is 32.0 Å². The lowest BCUT2D eigenvalue weighted by molar-refractivity contribution is 0.0698. The fraction of sp³-hybridized carbons (Fsp3) is 0.120. The number of pyridine rings is 1. The summed E-state index contributed by atoms with van der Waals surface area (Å²) < 4.78 is 6.39. The number of carboxylic acid groups (broad SMARTS) is 1. The van der Waals surface area contributed by atoms with Crippen molar-refractivity contribution < 1.29 is 14.3 Å². The van der Waals surface area contributed by atoms with E-state index in [0.29, 0.717) is 11.3 Å². The van der Waals surface area contributed by atoms with E-state index in [1.165, 1.54) is 0 Å². The Bertz CT molecular complexity index is 1460. The lowest BCUT2D eigenvalue weighted by Crippen LogP contribution is -2.11. The van der Waals surface area contributed by atoms with Crippen LogP contribution < -0.4 is 5.32 Å². The Labute approximate surface area is 183 Å². The van der Waals surface area contributed by atoms with Gasteiger partial charge in [-0.1, -0.05) is 18.2 Å². The van der Waals surface area contributed by atoms with E-state index in [4.69, 9.17) is 4.42 Å². The Morgan fingerprint density at radius 2 is 1.91 bits per heavy atom. The molecular formula is C25H20N4O3. The van der Waals surface area contributed by atoms with Gasteiger partial charge in [0.05, 0.1) is 24.0 Å². The summed E-state index contributed by atoms with van der Waals surface area (Å²) in [5, 5.41) is 21.6. The molecule has 0 saturated carbocycles. The zero-order valence-electron chi connectivity index (χ0n) is 17.5. The SMILES string of the molecule is Cc1cc([C@@H](C)Nc2ccccc2C(=O)O)c2oc3c(-c4ccnnc4)ccnc3c2c1. The number of aryl methyl sites for hydroxylation is 1. The van der Waals surface area contributed by atoms with Crippen molar-refractivity contribution in [1.82, 2.24) is 15.2 Å². The first-order chi connectivity index (χ1) is 15.5. The highest BCUT2D eigenvalue weighted by atomic mass is 16.4. The number of aromatic carboxylic acids is 1. The Balaban J connectivity index is 1.67. The summed E-state index contributed by atoms with van der Waals surface area (Å²) in [5.74, 6) is -0.974. The lowest BCUT2D eigenvalue weighted by Gasteiger charge is -2.18. The smallest absolute Gasteiger partial charge is 0.337 e. The molecule has 0 fully saturated rings. The number of aromatic nitrogens is 3. The van der Waals surface area contributed by atoms with Gasteiger partial charge < -0.3 is 14.8 Å². The van der Waals surface area contributed by atoms with E-state index in [0.717, 1.165) is 38.7 Å². The van der Waals surface area contributed by atoms with E-state index >= 15 is 0 Å². The quantitative estimate of drug-likeness (QED) is 0.378. The predicted molar refractivity (Wildman–Crippen MR) is 123 cm³/mol. The zero-order valence-corrected chi connectivity index (χ0v) is 17.5. The molecule has 2 aromatic carbocycles. The number of hydrogen-bond donors (Lipinski definition) is 2. The van der Waals surface area contributed by atoms with Crippen LogP contribution in [0.4, 0.5) is 5.69 Å². The van der Waals surface area contributed by atoms with E-state index in [-0.39, 0.29) is 11.6 Å². The summed E-state index contributed by atoms with van der Waals surface area (Å²) in [6.07, 6.45) is 5.10. The van der Waals surface area contributed by atoms with Gasteiger partial charge in [0, 0.05) is 34.0 Å². The van der Waals surface area contributed by atoms with Crippen molar-refractivity contribution in [2.45, 2.75) is 19.9 Å². The van der Waals surface area contributed by atoms with Crippen LogP contribution >= 0.6 is 0 Å². The lowest BCUT2D eigenvalue weighted by atomic mass is 10.0. The number of carbonyl (C=O) groups is 1. The first-order valence-electron chi connectivity index (χ1n) is 10.2. The second-order valence-corrected chi connectivity index (χ2v) is 7.72. The Hall–Kier alpha value is -4.26. The molecule has 0 aliphatic carbocycles. The maximum Gasteiger partial charge on any atom is 0.337 e. The summed E-state index contributed by atoms with van der Waals surface area (Å²) in [4.78, 5) is 16.2. The van der Waals surface area contributed by atoms with Crippen LogP contribution in [0.5, 0.6) is 0 Å². The third-order valence-corrected chi connectivity index (χ3v) is 5.52. The number of para-hydroxylation sites is 1. The average molecular weight is 424 g/mol. The molecule has 0 radical (unpaired) electrons. The number of furan rings is 1. The topological polar surface area (TPSA) is 101 Å². The van der Waals surface area contributed by atoms with Gasteiger partial charge in [0.2, 0.25) is 0 Å². The third-order valence-electron chi connectivity index (χ3n) is 5.52. The monoisotopic (exact) mass is 424 g/mol. The summed E-state index contributed by atoms with van der Waals surface area (Å²) in [6, 6.07) is 14.6. The van der Waals surface area contributed by atoms with Crippen LogP contribution in [0, 0.1) is 6.92 Å². The number of carboxylic acids is 1. The van der Waals surface area contributed by atoms with Gasteiger partial charge in [-0.05, 0) is 49.7 Å². The van der Waals surface area contributed by atoms with Gasteiger partial charge in [0.1, 0.15) is 11.1 Å². The minimum atomic E-state index is -0.974. The molecule has 5 rings (SSSR count). The Morgan fingerprint density at radius 3 is 2.69 bits per heavy atom. The van der Waals surface area contributed by atoms with Crippen molar-refractivity contribution in [3.05, 3.63) is 83.8 Å². The Kier molecular flexibility index (Phi) is 4.78. The molecule has 0 bridgehead atoms. The number of fused-ring (bicyclic) bond motifs is 3. The van der Waals surface area contributed by atoms with Crippen LogP contribution in [0.3, 0.4) is 0 Å². The molecule has 3 aromatic heterocycles. The van der Waals surface area contributed by atoms with E-state index in [9.17, 15) is 9.90 Å². The van der Waals surface area contributed by atoms with Crippen LogP contribution in [-0.4, -0.2) is 26.3 Å². The molecule has 0 aliphatic heterocycles. The molecule has 1 atom stereocenters. The normalized spacial score (nSPS) is 12.2. The summed E-state index contributed by atoms with van der Waals surface area (Å²) in [7, 11) is 0. The number of nitrogens with one attached hydrogen (secondary N) is 1. The zero-order chi connectivity index (χ0) is 22.2. The molecule has 7 nitrogen and oxygen atoms in total. The van der Waals surface area contributed by atoms with Crippen molar-refractivity contribution in [3.8, 4) is 11.1 Å². The van der Waals surface area contributed by atoms with E-state index in [2.05, 4.69) is 32.6 Å². The van der Waals surface area contributed by atoms with Crippen LogP contribution in [0.15, 0.2) is 71.5 Å². The number of nitrogens with zero attached hydrogens (tertiary/aromatic N) is 3. The van der Waals surface area contributed by atoms with Crippen LogP contribution in [0.1, 0.15) is 34.5 Å². The first kappa shape index (κ1) is 19.7. The minimum Gasteiger partial charge on any atom is -0.478 e. The fourth-order valence-electron chi connectivity index (χ4n) is 4.04. The molecule has 0 saturated heterocycles. The van der Waals surface area contributed by atoms with Gasteiger partial charge in [-0.3, -0.25) is 4.98 Å². The first-order valence-corrected chi connectivity index (χ1v) is 10.2. The highest BCUT2D eigenvalue weighted by molar-refractivity contribution is 6.08. The highest BCUT2D eigenvalue weighted by Crippen LogP contribution is 2.38. The highest BCUT2D eigenvalue weighted by Gasteiger charge is 2.20. The number of hydrogen-bond acceptors (Lipinski definition) is 6. The Morgan fingerprint density at radius 1 is 1.06 bits per heavy atom. The molecule has 0 unspecified atom stereocenters. The van der Waals surface area contributed by atoms with Crippen molar-refractivity contribution in [1.29, 1.82) is 0 Å². The van der Waals surface area contributed by atoms with E-state index < -0.39 is 5.97 Å². The molecule has 7 heteroatoms. The molecule has 5 aromatic rings. The van der Waals surface area contributed by atoms with Crippen molar-refractivity contribution in [2.24, 2.45) is 0 Å². The summed E-state index contributed by atoms with van der Waals surface area (Å²) >= 11 is 0. The third kappa shape index (κ3) is 3.33. The average Bonchev–Trinajstić information content (AvgIpc) is 3.18. The van der Waals surface area contributed by atoms with Crippen LogP contribution in [0.25, 0.3) is 33.2 Å². The fourth-order valence-corrected chi connectivity index (χ4v) is 4.04. The number of rotatable bonds is 5. The maximum absolute atomic E-state index is 11.6. The maximum atomic E-state index is 11.6. The van der Waals surface area contributed by atoms with Gasteiger partial charge in [-0.25, -0.2) is 4.79 Å². The summed E-state index contributed by atoms with van der Waals surface area (Å²) in [6.45, 7) is 4.01. The molecule has 3 heterocycles. The number of anilines is 1.